The minimum atomic E-state index is -0.0400. The maximum atomic E-state index is 12.1. The molecule has 2 aromatic rings. The van der Waals surface area contributed by atoms with Gasteiger partial charge in [-0.25, -0.2) is 0 Å². The summed E-state index contributed by atoms with van der Waals surface area (Å²) in [5.41, 5.74) is 8.62. The van der Waals surface area contributed by atoms with Gasteiger partial charge in [0.25, 0.3) is 0 Å². The summed E-state index contributed by atoms with van der Waals surface area (Å²) in [6, 6.07) is 12.1. The molecule has 2 aromatic carbocycles. The van der Waals surface area contributed by atoms with Crippen LogP contribution >= 0.6 is 0 Å². The number of ketones is 1. The number of nitrogens with two attached hydrogens (primary N) is 1. The summed E-state index contributed by atoms with van der Waals surface area (Å²) in [5, 5.41) is 9.36. The van der Waals surface area contributed by atoms with Gasteiger partial charge in [0.15, 0.2) is 5.78 Å². The van der Waals surface area contributed by atoms with Crippen molar-refractivity contribution >= 4 is 11.5 Å². The molecule has 92 valence electrons. The highest BCUT2D eigenvalue weighted by atomic mass is 16.3. The van der Waals surface area contributed by atoms with Gasteiger partial charge >= 0.3 is 0 Å². The van der Waals surface area contributed by atoms with Crippen molar-refractivity contribution in [3.63, 3.8) is 0 Å². The van der Waals surface area contributed by atoms with Crippen molar-refractivity contribution in [1.82, 2.24) is 0 Å². The van der Waals surface area contributed by atoms with Crippen LogP contribution in [0.25, 0.3) is 0 Å². The Morgan fingerprint density at radius 1 is 1.22 bits per heavy atom. The van der Waals surface area contributed by atoms with Crippen LogP contribution < -0.4 is 5.73 Å². The molecular formula is C15H15NO2. The number of Topliss-reactive ketones (excluding diaryl/α,β-unsaturated/α-hetero) is 1. The average molecular weight is 241 g/mol. The molecule has 0 fully saturated rings. The largest absolute Gasteiger partial charge is 0.508 e. The predicted molar refractivity (Wildman–Crippen MR) is 71.7 cm³/mol. The number of hydrogen-bond acceptors (Lipinski definition) is 3. The van der Waals surface area contributed by atoms with E-state index >= 15 is 0 Å². The third kappa shape index (κ3) is 2.69. The number of benzene rings is 2. The summed E-state index contributed by atoms with van der Waals surface area (Å²) < 4.78 is 0. The maximum Gasteiger partial charge on any atom is 0.169 e. The summed E-state index contributed by atoms with van der Waals surface area (Å²) in [5.74, 6) is 0.124. The van der Waals surface area contributed by atoms with E-state index in [0.717, 1.165) is 11.1 Å². The van der Waals surface area contributed by atoms with Crippen LogP contribution in [0, 0.1) is 6.92 Å². The molecule has 0 atom stereocenters. The molecule has 0 heterocycles. The normalized spacial score (nSPS) is 10.3. The number of aryl methyl sites for hydroxylation is 1. The minimum absolute atomic E-state index is 0.0400. The summed E-state index contributed by atoms with van der Waals surface area (Å²) in [6.07, 6.45) is 0.238. The lowest BCUT2D eigenvalue weighted by atomic mass is 10.00. The lowest BCUT2D eigenvalue weighted by Crippen LogP contribution is -2.07. The van der Waals surface area contributed by atoms with Crippen LogP contribution in [-0.2, 0) is 6.42 Å². The Morgan fingerprint density at radius 2 is 2.00 bits per heavy atom. The molecule has 0 aromatic heterocycles. The van der Waals surface area contributed by atoms with E-state index in [2.05, 4.69) is 0 Å². The van der Waals surface area contributed by atoms with E-state index in [9.17, 15) is 9.90 Å². The van der Waals surface area contributed by atoms with Gasteiger partial charge in [0, 0.05) is 17.7 Å². The molecule has 0 unspecified atom stereocenters. The summed E-state index contributed by atoms with van der Waals surface area (Å²) in [7, 11) is 0. The number of nitrogen functional groups attached to an aromatic ring is 1. The number of phenols is 1. The van der Waals surface area contributed by atoms with Crippen molar-refractivity contribution in [2.75, 3.05) is 5.73 Å². The van der Waals surface area contributed by atoms with Gasteiger partial charge in [-0.2, -0.15) is 0 Å². The van der Waals surface area contributed by atoms with Crippen LogP contribution in [-0.4, -0.2) is 10.9 Å². The molecule has 0 bridgehead atoms. The molecule has 0 radical (unpaired) electrons. The zero-order valence-corrected chi connectivity index (χ0v) is 10.2. The molecule has 2 rings (SSSR count). The second-order valence-electron chi connectivity index (χ2n) is 4.36. The smallest absolute Gasteiger partial charge is 0.169 e. The van der Waals surface area contributed by atoms with Gasteiger partial charge in [-0.05, 0) is 36.8 Å². The van der Waals surface area contributed by atoms with E-state index in [1.807, 2.05) is 19.1 Å². The quantitative estimate of drug-likeness (QED) is 0.641. The zero-order chi connectivity index (χ0) is 13.1. The maximum absolute atomic E-state index is 12.1. The molecule has 3 heteroatoms. The fourth-order valence-corrected chi connectivity index (χ4v) is 1.86. The van der Waals surface area contributed by atoms with Crippen LogP contribution in [0.5, 0.6) is 5.75 Å². The number of carbonyl (C=O) groups is 1. The first kappa shape index (κ1) is 12.2. The van der Waals surface area contributed by atoms with Crippen molar-refractivity contribution in [2.45, 2.75) is 13.3 Å². The summed E-state index contributed by atoms with van der Waals surface area (Å²) in [6.45, 7) is 1.92. The minimum Gasteiger partial charge on any atom is -0.508 e. The summed E-state index contributed by atoms with van der Waals surface area (Å²) in [4.78, 5) is 12.1. The van der Waals surface area contributed by atoms with Crippen molar-refractivity contribution < 1.29 is 9.90 Å². The first-order chi connectivity index (χ1) is 8.56. The number of rotatable bonds is 3. The number of hydrogen-bond donors (Lipinski definition) is 2. The highest BCUT2D eigenvalue weighted by Gasteiger charge is 2.11. The van der Waals surface area contributed by atoms with E-state index < -0.39 is 0 Å². The zero-order valence-electron chi connectivity index (χ0n) is 10.2. The van der Waals surface area contributed by atoms with Crippen molar-refractivity contribution in [2.24, 2.45) is 0 Å². The Morgan fingerprint density at radius 3 is 2.72 bits per heavy atom. The van der Waals surface area contributed by atoms with Crippen LogP contribution in [0.4, 0.5) is 5.69 Å². The highest BCUT2D eigenvalue weighted by molar-refractivity contribution is 6.02. The Kier molecular flexibility index (Phi) is 3.33. The first-order valence-corrected chi connectivity index (χ1v) is 5.73. The van der Waals surface area contributed by atoms with Crippen molar-refractivity contribution in [3.8, 4) is 5.75 Å². The third-order valence-corrected chi connectivity index (χ3v) is 2.78. The summed E-state index contributed by atoms with van der Waals surface area (Å²) >= 11 is 0. The van der Waals surface area contributed by atoms with Crippen LogP contribution in [0.1, 0.15) is 21.5 Å². The van der Waals surface area contributed by atoms with Crippen LogP contribution in [0.3, 0.4) is 0 Å². The van der Waals surface area contributed by atoms with Gasteiger partial charge < -0.3 is 10.8 Å². The standard InChI is InChI=1S/C15H15NO2/c1-10-5-6-14(16)13(7-10)15(18)9-11-3-2-4-12(17)8-11/h2-8,17H,9,16H2,1H3. The van der Waals surface area contributed by atoms with Crippen molar-refractivity contribution in [3.05, 3.63) is 59.2 Å². The first-order valence-electron chi connectivity index (χ1n) is 5.73. The average Bonchev–Trinajstić information content (AvgIpc) is 2.32. The second kappa shape index (κ2) is 4.92. The number of aromatic hydroxyl groups is 1. The fraction of sp³-hybridized carbons (Fsp3) is 0.133. The van der Waals surface area contributed by atoms with Gasteiger partial charge in [0.2, 0.25) is 0 Å². The Bertz CT molecular complexity index is 591. The molecule has 0 aliphatic rings. The van der Waals surface area contributed by atoms with E-state index in [1.165, 1.54) is 0 Å². The van der Waals surface area contributed by atoms with E-state index in [-0.39, 0.29) is 18.0 Å². The number of phenolic OH excluding ortho intramolecular Hbond substituents is 1. The molecule has 18 heavy (non-hydrogen) atoms. The van der Waals surface area contributed by atoms with Gasteiger partial charge in [-0.15, -0.1) is 0 Å². The van der Waals surface area contributed by atoms with Gasteiger partial charge in [0.1, 0.15) is 5.75 Å². The third-order valence-electron chi connectivity index (χ3n) is 2.78. The topological polar surface area (TPSA) is 63.3 Å². The van der Waals surface area contributed by atoms with Crippen LogP contribution in [0.15, 0.2) is 42.5 Å². The van der Waals surface area contributed by atoms with Crippen LogP contribution in [0.2, 0.25) is 0 Å². The van der Waals surface area contributed by atoms with Gasteiger partial charge in [-0.1, -0.05) is 23.8 Å². The number of anilines is 1. The molecular weight excluding hydrogens is 226 g/mol. The predicted octanol–water partition coefficient (Wildman–Crippen LogP) is 2.71. The highest BCUT2D eigenvalue weighted by Crippen LogP contribution is 2.18. The molecule has 3 nitrogen and oxygen atoms in total. The molecule has 0 aliphatic heterocycles. The Labute approximate surface area is 106 Å². The van der Waals surface area contributed by atoms with E-state index in [1.54, 1.807) is 30.3 Å². The molecule has 3 N–H and O–H groups in total. The Balaban J connectivity index is 2.24. The van der Waals surface area contributed by atoms with E-state index in [0.29, 0.717) is 11.3 Å². The Hall–Kier alpha value is -2.29. The molecule has 0 saturated carbocycles. The molecule has 0 aliphatic carbocycles. The molecule has 0 saturated heterocycles. The monoisotopic (exact) mass is 241 g/mol. The number of carbonyl (C=O) groups excluding carboxylic acids is 1. The SMILES string of the molecule is Cc1ccc(N)c(C(=O)Cc2cccc(O)c2)c1. The van der Waals surface area contributed by atoms with Gasteiger partial charge in [0.05, 0.1) is 0 Å². The van der Waals surface area contributed by atoms with Gasteiger partial charge in [-0.3, -0.25) is 4.79 Å². The molecule has 0 spiro atoms. The van der Waals surface area contributed by atoms with Crippen molar-refractivity contribution in [1.29, 1.82) is 0 Å². The lowest BCUT2D eigenvalue weighted by molar-refractivity contribution is 0.0994. The lowest BCUT2D eigenvalue weighted by Gasteiger charge is -2.06. The second-order valence-corrected chi connectivity index (χ2v) is 4.36. The van der Waals surface area contributed by atoms with E-state index in [4.69, 9.17) is 5.73 Å². The molecule has 0 amide bonds. The fourth-order valence-electron chi connectivity index (χ4n) is 1.86.